The van der Waals surface area contributed by atoms with Gasteiger partial charge >= 0.3 is 17.9 Å². The average molecular weight is 996 g/mol. The van der Waals surface area contributed by atoms with Gasteiger partial charge in [0.25, 0.3) is 0 Å². The third-order valence-electron chi connectivity index (χ3n) is 13.8. The fraction of sp³-hybridized carbons (Fsp3) is 0.831. The van der Waals surface area contributed by atoms with Crippen molar-refractivity contribution in [1.82, 2.24) is 0 Å². The highest BCUT2D eigenvalue weighted by Crippen LogP contribution is 2.17. The van der Waals surface area contributed by atoms with Gasteiger partial charge in [-0.3, -0.25) is 14.4 Å². The molecule has 0 saturated carbocycles. The summed E-state index contributed by atoms with van der Waals surface area (Å²) in [4.78, 5) is 38.0. The molecule has 0 spiro atoms. The van der Waals surface area contributed by atoms with Crippen LogP contribution in [0.1, 0.15) is 329 Å². The number of allylic oxidation sites excluding steroid dienone is 8. The molecule has 71 heavy (non-hydrogen) atoms. The van der Waals surface area contributed by atoms with Gasteiger partial charge in [0.15, 0.2) is 6.10 Å². The molecule has 0 N–H and O–H groups in total. The molecular formula is C65H118O6. The normalized spacial score (nSPS) is 12.3. The van der Waals surface area contributed by atoms with Crippen LogP contribution in [0.5, 0.6) is 0 Å². The zero-order valence-corrected chi connectivity index (χ0v) is 47.5. The number of carbonyl (C=O) groups excluding carboxylic acids is 3. The Morgan fingerprint density at radius 1 is 0.296 bits per heavy atom. The van der Waals surface area contributed by atoms with E-state index in [4.69, 9.17) is 14.2 Å². The van der Waals surface area contributed by atoms with E-state index in [0.29, 0.717) is 19.3 Å². The number of ether oxygens (including phenoxy) is 3. The lowest BCUT2D eigenvalue weighted by molar-refractivity contribution is -0.167. The molecule has 414 valence electrons. The molecule has 0 aromatic rings. The lowest BCUT2D eigenvalue weighted by Crippen LogP contribution is -2.30. The fourth-order valence-electron chi connectivity index (χ4n) is 9.16. The molecule has 0 amide bonds. The summed E-state index contributed by atoms with van der Waals surface area (Å²) >= 11 is 0. The highest BCUT2D eigenvalue weighted by Gasteiger charge is 2.19. The summed E-state index contributed by atoms with van der Waals surface area (Å²) in [6.07, 6.45) is 74.4. The van der Waals surface area contributed by atoms with Crippen molar-refractivity contribution in [2.45, 2.75) is 335 Å². The molecule has 0 aliphatic rings. The predicted molar refractivity (Wildman–Crippen MR) is 307 cm³/mol. The third-order valence-corrected chi connectivity index (χ3v) is 13.8. The van der Waals surface area contributed by atoms with Crippen LogP contribution in [0.3, 0.4) is 0 Å². The largest absolute Gasteiger partial charge is 0.462 e. The Labute approximate surface area is 441 Å². The number of rotatable bonds is 57. The summed E-state index contributed by atoms with van der Waals surface area (Å²) in [5, 5.41) is 0. The Balaban J connectivity index is 4.04. The standard InChI is InChI=1S/C65H118O6/c1-4-7-10-13-16-18-20-22-24-26-27-28-29-30-31-32-33-34-35-36-37-39-40-42-44-46-49-52-55-58-64(67)70-61-62(60-69-63(66)57-54-51-48-15-12-9-6-3)71-65(68)59-56-53-50-47-45-43-41-38-25-23-21-19-17-14-11-8-5-2/h8,11,17,19,23,25-27,62H,4-7,9-10,12-16,18,20-22,24,28-61H2,1-3H3/b11-8-,19-17-,25-23-,27-26-. The van der Waals surface area contributed by atoms with Crippen molar-refractivity contribution in [3.05, 3.63) is 48.6 Å². The van der Waals surface area contributed by atoms with E-state index in [-0.39, 0.29) is 31.1 Å². The highest BCUT2D eigenvalue weighted by atomic mass is 16.6. The maximum Gasteiger partial charge on any atom is 0.306 e. The summed E-state index contributed by atoms with van der Waals surface area (Å²) in [5.41, 5.74) is 0. The Hall–Kier alpha value is -2.63. The summed E-state index contributed by atoms with van der Waals surface area (Å²) in [7, 11) is 0. The number of carbonyl (C=O) groups is 3. The first-order valence-corrected chi connectivity index (χ1v) is 31.1. The summed E-state index contributed by atoms with van der Waals surface area (Å²) in [6, 6.07) is 0. The Bertz CT molecular complexity index is 1230. The van der Waals surface area contributed by atoms with Crippen molar-refractivity contribution in [3.8, 4) is 0 Å². The molecule has 0 rings (SSSR count). The van der Waals surface area contributed by atoms with E-state index >= 15 is 0 Å². The van der Waals surface area contributed by atoms with E-state index in [9.17, 15) is 14.4 Å². The molecular weight excluding hydrogens is 877 g/mol. The first-order valence-electron chi connectivity index (χ1n) is 31.1. The molecule has 1 unspecified atom stereocenters. The number of hydrogen-bond acceptors (Lipinski definition) is 6. The van der Waals surface area contributed by atoms with Crippen LogP contribution >= 0.6 is 0 Å². The first-order chi connectivity index (χ1) is 35.0. The van der Waals surface area contributed by atoms with Gasteiger partial charge in [0, 0.05) is 19.3 Å². The number of hydrogen-bond donors (Lipinski definition) is 0. The first kappa shape index (κ1) is 68.4. The van der Waals surface area contributed by atoms with Gasteiger partial charge < -0.3 is 14.2 Å². The lowest BCUT2D eigenvalue weighted by atomic mass is 10.0. The van der Waals surface area contributed by atoms with E-state index in [1.165, 1.54) is 205 Å². The maximum atomic E-state index is 12.8. The second-order valence-corrected chi connectivity index (χ2v) is 20.9. The second-order valence-electron chi connectivity index (χ2n) is 20.9. The number of unbranched alkanes of at least 4 members (excludes halogenated alkanes) is 38. The van der Waals surface area contributed by atoms with Crippen molar-refractivity contribution < 1.29 is 28.6 Å². The van der Waals surface area contributed by atoms with Crippen LogP contribution in [0, 0.1) is 0 Å². The maximum absolute atomic E-state index is 12.8. The molecule has 0 saturated heterocycles. The molecule has 0 aromatic heterocycles. The van der Waals surface area contributed by atoms with E-state index in [1.807, 2.05) is 0 Å². The zero-order chi connectivity index (χ0) is 51.4. The molecule has 0 aliphatic carbocycles. The predicted octanol–water partition coefficient (Wildman–Crippen LogP) is 21.0. The van der Waals surface area contributed by atoms with Crippen molar-refractivity contribution in [2.75, 3.05) is 13.2 Å². The molecule has 0 fully saturated rings. The van der Waals surface area contributed by atoms with E-state index in [1.54, 1.807) is 0 Å². The van der Waals surface area contributed by atoms with Crippen LogP contribution < -0.4 is 0 Å². The number of esters is 3. The molecule has 0 radical (unpaired) electrons. The molecule has 0 bridgehead atoms. The molecule has 0 heterocycles. The van der Waals surface area contributed by atoms with Crippen LogP contribution in [-0.4, -0.2) is 37.2 Å². The Morgan fingerprint density at radius 3 is 0.873 bits per heavy atom. The van der Waals surface area contributed by atoms with Gasteiger partial charge in [0.1, 0.15) is 13.2 Å². The van der Waals surface area contributed by atoms with Crippen LogP contribution in [0.25, 0.3) is 0 Å². The molecule has 0 aromatic carbocycles. The van der Waals surface area contributed by atoms with Crippen LogP contribution in [-0.2, 0) is 28.6 Å². The summed E-state index contributed by atoms with van der Waals surface area (Å²) < 4.78 is 16.8. The van der Waals surface area contributed by atoms with Crippen LogP contribution in [0.4, 0.5) is 0 Å². The van der Waals surface area contributed by atoms with Gasteiger partial charge in [-0.05, 0) is 77.0 Å². The summed E-state index contributed by atoms with van der Waals surface area (Å²) in [6.45, 7) is 6.52. The Kier molecular flexibility index (Phi) is 57.7. The van der Waals surface area contributed by atoms with Gasteiger partial charge in [-0.15, -0.1) is 0 Å². The molecule has 0 aliphatic heterocycles. The van der Waals surface area contributed by atoms with Gasteiger partial charge in [-0.25, -0.2) is 0 Å². The SMILES string of the molecule is CC/C=C\C/C=C\C/C=C\CCCCCCCCCC(=O)OC(COC(=O)CCCCCCCCC)COC(=O)CCCCCCCCCCCCCCCCCCC/C=C\CCCCCCCCCC. The van der Waals surface area contributed by atoms with Gasteiger partial charge in [-0.1, -0.05) is 281 Å². The minimum absolute atomic E-state index is 0.0739. The quantitative estimate of drug-likeness (QED) is 0.0261. The lowest BCUT2D eigenvalue weighted by Gasteiger charge is -2.18. The van der Waals surface area contributed by atoms with Crippen LogP contribution in [0.2, 0.25) is 0 Å². The molecule has 6 nitrogen and oxygen atoms in total. The third kappa shape index (κ3) is 58.1. The summed E-state index contributed by atoms with van der Waals surface area (Å²) in [5.74, 6) is -0.875. The Morgan fingerprint density at radius 2 is 0.549 bits per heavy atom. The van der Waals surface area contributed by atoms with E-state index in [0.717, 1.165) is 83.5 Å². The average Bonchev–Trinajstić information content (AvgIpc) is 3.37. The second kappa shape index (κ2) is 59.9. The van der Waals surface area contributed by atoms with Crippen molar-refractivity contribution in [1.29, 1.82) is 0 Å². The minimum Gasteiger partial charge on any atom is -0.462 e. The van der Waals surface area contributed by atoms with E-state index < -0.39 is 6.10 Å². The zero-order valence-electron chi connectivity index (χ0n) is 47.5. The fourth-order valence-corrected chi connectivity index (χ4v) is 9.16. The topological polar surface area (TPSA) is 78.9 Å². The van der Waals surface area contributed by atoms with Crippen molar-refractivity contribution in [2.24, 2.45) is 0 Å². The molecule has 6 heteroatoms. The van der Waals surface area contributed by atoms with Crippen molar-refractivity contribution in [3.63, 3.8) is 0 Å². The van der Waals surface area contributed by atoms with Gasteiger partial charge in [0.05, 0.1) is 0 Å². The van der Waals surface area contributed by atoms with Gasteiger partial charge in [0.2, 0.25) is 0 Å². The van der Waals surface area contributed by atoms with E-state index in [2.05, 4.69) is 69.4 Å². The van der Waals surface area contributed by atoms with Crippen LogP contribution in [0.15, 0.2) is 48.6 Å². The van der Waals surface area contributed by atoms with Gasteiger partial charge in [-0.2, -0.15) is 0 Å². The highest BCUT2D eigenvalue weighted by molar-refractivity contribution is 5.71. The van der Waals surface area contributed by atoms with Crippen molar-refractivity contribution >= 4 is 17.9 Å². The molecule has 1 atom stereocenters. The smallest absolute Gasteiger partial charge is 0.306 e. The minimum atomic E-state index is -0.774. The monoisotopic (exact) mass is 995 g/mol.